The zero-order chi connectivity index (χ0) is 24.2. The van der Waals surface area contributed by atoms with Crippen molar-refractivity contribution in [3.8, 4) is 0 Å². The van der Waals surface area contributed by atoms with Gasteiger partial charge in [-0.25, -0.2) is 4.79 Å². The van der Waals surface area contributed by atoms with Gasteiger partial charge in [0.25, 0.3) is 11.8 Å². The smallest absolute Gasteiger partial charge is 0.410 e. The van der Waals surface area contributed by atoms with Crippen LogP contribution in [0.2, 0.25) is 0 Å². The van der Waals surface area contributed by atoms with E-state index in [9.17, 15) is 14.4 Å². The fourth-order valence-corrected chi connectivity index (χ4v) is 3.81. The number of anilines is 1. The Morgan fingerprint density at radius 3 is 2.61 bits per heavy atom. The van der Waals surface area contributed by atoms with Gasteiger partial charge in [0, 0.05) is 30.4 Å². The second-order valence-corrected chi connectivity index (χ2v) is 9.55. The maximum atomic E-state index is 12.9. The molecule has 1 saturated heterocycles. The highest BCUT2D eigenvalue weighted by Gasteiger charge is 2.31. The molecule has 2 atom stereocenters. The summed E-state index contributed by atoms with van der Waals surface area (Å²) >= 11 is 0. The van der Waals surface area contributed by atoms with Gasteiger partial charge < -0.3 is 24.7 Å². The van der Waals surface area contributed by atoms with Gasteiger partial charge in [-0.15, -0.1) is 0 Å². The third-order valence-electron chi connectivity index (χ3n) is 5.67. The molecular weight excluding hydrogens is 422 g/mol. The molecule has 33 heavy (non-hydrogen) atoms. The van der Waals surface area contributed by atoms with E-state index < -0.39 is 5.60 Å². The molecule has 0 spiro atoms. The average Bonchev–Trinajstić information content (AvgIpc) is 3.29. The minimum atomic E-state index is -0.542. The topological polar surface area (TPSA) is 101 Å². The minimum Gasteiger partial charge on any atom is -0.459 e. The van der Waals surface area contributed by atoms with Crippen molar-refractivity contribution in [3.05, 3.63) is 53.5 Å². The summed E-state index contributed by atoms with van der Waals surface area (Å²) < 4.78 is 10.6. The average molecular weight is 456 g/mol. The Hall–Kier alpha value is -3.29. The van der Waals surface area contributed by atoms with Crippen molar-refractivity contribution in [2.75, 3.05) is 18.4 Å². The highest BCUT2D eigenvalue weighted by molar-refractivity contribution is 6.04. The number of piperidine rings is 1. The maximum Gasteiger partial charge on any atom is 0.410 e. The normalized spacial score (nSPS) is 17.2. The number of benzene rings is 1. The molecule has 1 aromatic heterocycles. The Morgan fingerprint density at radius 1 is 1.18 bits per heavy atom. The van der Waals surface area contributed by atoms with E-state index in [-0.39, 0.29) is 35.6 Å². The SMILES string of the molecule is Cc1ccc(C(=O)NC(C)C2CCCN(C(=O)OC(C)(C)C)C2)cc1NC(=O)c1ccco1. The summed E-state index contributed by atoms with van der Waals surface area (Å²) in [6.45, 7) is 10.5. The van der Waals surface area contributed by atoms with Crippen molar-refractivity contribution < 1.29 is 23.5 Å². The lowest BCUT2D eigenvalue weighted by molar-refractivity contribution is 0.0150. The molecule has 1 fully saturated rings. The number of amides is 3. The lowest BCUT2D eigenvalue weighted by Crippen LogP contribution is -2.49. The first-order valence-corrected chi connectivity index (χ1v) is 11.3. The fourth-order valence-electron chi connectivity index (χ4n) is 3.81. The Bertz CT molecular complexity index is 994. The number of aryl methyl sites for hydroxylation is 1. The number of carbonyl (C=O) groups excluding carboxylic acids is 3. The molecule has 178 valence electrons. The lowest BCUT2D eigenvalue weighted by atomic mass is 9.91. The molecule has 1 aliphatic heterocycles. The number of hydrogen-bond acceptors (Lipinski definition) is 5. The molecule has 2 unspecified atom stereocenters. The van der Waals surface area contributed by atoms with Crippen LogP contribution in [0.25, 0.3) is 0 Å². The first-order valence-electron chi connectivity index (χ1n) is 11.3. The highest BCUT2D eigenvalue weighted by atomic mass is 16.6. The minimum absolute atomic E-state index is 0.124. The van der Waals surface area contributed by atoms with Crippen LogP contribution in [0.1, 0.15) is 67.0 Å². The summed E-state index contributed by atoms with van der Waals surface area (Å²) in [5.74, 6) is -0.285. The molecule has 2 N–H and O–H groups in total. The Labute approximate surface area is 194 Å². The van der Waals surface area contributed by atoms with Crippen LogP contribution < -0.4 is 10.6 Å². The van der Waals surface area contributed by atoms with Crippen molar-refractivity contribution in [2.45, 2.75) is 59.1 Å². The predicted octanol–water partition coefficient (Wildman–Crippen LogP) is 4.61. The molecule has 1 aliphatic rings. The van der Waals surface area contributed by atoms with Gasteiger partial charge in [0.2, 0.25) is 0 Å². The van der Waals surface area contributed by atoms with Crippen LogP contribution in [0.5, 0.6) is 0 Å². The highest BCUT2D eigenvalue weighted by Crippen LogP contribution is 2.23. The molecule has 3 amide bonds. The molecular formula is C25H33N3O5. The number of furan rings is 1. The van der Waals surface area contributed by atoms with Crippen molar-refractivity contribution in [1.82, 2.24) is 10.2 Å². The third kappa shape index (κ3) is 6.60. The molecule has 0 bridgehead atoms. The van der Waals surface area contributed by atoms with Gasteiger partial charge in [0.1, 0.15) is 5.60 Å². The van der Waals surface area contributed by atoms with Gasteiger partial charge in [-0.3, -0.25) is 9.59 Å². The number of carbonyl (C=O) groups is 3. The molecule has 2 heterocycles. The number of ether oxygens (including phenoxy) is 1. The second kappa shape index (κ2) is 10.1. The van der Waals surface area contributed by atoms with E-state index in [1.807, 2.05) is 34.6 Å². The van der Waals surface area contributed by atoms with Gasteiger partial charge in [-0.2, -0.15) is 0 Å². The van der Waals surface area contributed by atoms with Gasteiger partial charge >= 0.3 is 6.09 Å². The summed E-state index contributed by atoms with van der Waals surface area (Å²) in [7, 11) is 0. The first kappa shape index (κ1) is 24.4. The van der Waals surface area contributed by atoms with Crippen LogP contribution in [0.3, 0.4) is 0 Å². The second-order valence-electron chi connectivity index (χ2n) is 9.55. The van der Waals surface area contributed by atoms with Crippen LogP contribution in [0.15, 0.2) is 41.0 Å². The van der Waals surface area contributed by atoms with E-state index in [0.29, 0.717) is 24.3 Å². The quantitative estimate of drug-likeness (QED) is 0.686. The molecule has 0 radical (unpaired) electrons. The fraction of sp³-hybridized carbons (Fsp3) is 0.480. The Kier molecular flexibility index (Phi) is 7.46. The van der Waals surface area contributed by atoms with Crippen LogP contribution in [-0.2, 0) is 4.74 Å². The number of nitrogens with zero attached hydrogens (tertiary/aromatic N) is 1. The zero-order valence-corrected chi connectivity index (χ0v) is 19.9. The molecule has 8 nitrogen and oxygen atoms in total. The number of nitrogens with one attached hydrogen (secondary N) is 2. The van der Waals surface area contributed by atoms with E-state index >= 15 is 0 Å². The predicted molar refractivity (Wildman–Crippen MR) is 125 cm³/mol. The van der Waals surface area contributed by atoms with E-state index in [0.717, 1.165) is 18.4 Å². The van der Waals surface area contributed by atoms with Crippen LogP contribution >= 0.6 is 0 Å². The lowest BCUT2D eigenvalue weighted by Gasteiger charge is -2.36. The molecule has 2 aromatic rings. The zero-order valence-electron chi connectivity index (χ0n) is 19.9. The van der Waals surface area contributed by atoms with E-state index in [4.69, 9.17) is 9.15 Å². The molecule has 0 aliphatic carbocycles. The molecule has 8 heteroatoms. The van der Waals surface area contributed by atoms with Gasteiger partial charge in [0.15, 0.2) is 5.76 Å². The molecule has 0 saturated carbocycles. The Morgan fingerprint density at radius 2 is 1.94 bits per heavy atom. The summed E-state index contributed by atoms with van der Waals surface area (Å²) in [5, 5.41) is 5.84. The largest absolute Gasteiger partial charge is 0.459 e. The Balaban J connectivity index is 1.62. The maximum absolute atomic E-state index is 12.9. The summed E-state index contributed by atoms with van der Waals surface area (Å²) in [6.07, 6.45) is 2.89. The van der Waals surface area contributed by atoms with Crippen LogP contribution in [0.4, 0.5) is 10.5 Å². The molecule has 1 aromatic carbocycles. The van der Waals surface area contributed by atoms with E-state index in [1.54, 1.807) is 35.2 Å². The van der Waals surface area contributed by atoms with Crippen molar-refractivity contribution >= 4 is 23.6 Å². The van der Waals surface area contributed by atoms with Gasteiger partial charge in [-0.1, -0.05) is 6.07 Å². The van der Waals surface area contributed by atoms with E-state index in [2.05, 4.69) is 10.6 Å². The summed E-state index contributed by atoms with van der Waals surface area (Å²) in [6, 6.07) is 8.27. The van der Waals surface area contributed by atoms with Crippen molar-refractivity contribution in [2.24, 2.45) is 5.92 Å². The summed E-state index contributed by atoms with van der Waals surface area (Å²) in [5.41, 5.74) is 1.28. The molecule has 3 rings (SSSR count). The number of hydrogen-bond donors (Lipinski definition) is 2. The van der Waals surface area contributed by atoms with Crippen molar-refractivity contribution in [1.29, 1.82) is 0 Å². The van der Waals surface area contributed by atoms with Gasteiger partial charge in [0.05, 0.1) is 6.26 Å². The number of rotatable bonds is 5. The first-order chi connectivity index (χ1) is 15.5. The monoisotopic (exact) mass is 455 g/mol. The van der Waals surface area contributed by atoms with Crippen molar-refractivity contribution in [3.63, 3.8) is 0 Å². The van der Waals surface area contributed by atoms with Crippen LogP contribution in [0, 0.1) is 12.8 Å². The number of likely N-dealkylation sites (tertiary alicyclic amines) is 1. The van der Waals surface area contributed by atoms with E-state index in [1.165, 1.54) is 6.26 Å². The van der Waals surface area contributed by atoms with Gasteiger partial charge in [-0.05, 0) is 83.2 Å². The van der Waals surface area contributed by atoms with Crippen LogP contribution in [-0.4, -0.2) is 47.5 Å². The summed E-state index contributed by atoms with van der Waals surface area (Å²) in [4.78, 5) is 39.4. The standard InChI is InChI=1S/C25H33N3O5/c1-16-10-11-18(14-20(16)27-23(30)21-9-7-13-32-21)22(29)26-17(2)19-8-6-12-28(15-19)24(31)33-25(3,4)5/h7,9-11,13-14,17,19H,6,8,12,15H2,1-5H3,(H,26,29)(H,27,30). The third-order valence-corrected chi connectivity index (χ3v) is 5.67.